The molecule has 9 heavy (non-hydrogen) atoms. The Kier molecular flexibility index (Phi) is 5.76. The van der Waals surface area contributed by atoms with Gasteiger partial charge in [-0.1, -0.05) is 0 Å². The monoisotopic (exact) mass is 148 g/mol. The lowest BCUT2D eigenvalue weighted by Crippen LogP contribution is -2.36. The lowest BCUT2D eigenvalue weighted by Gasteiger charge is -2.07. The smallest absolute Gasteiger partial charge is 0.208 e. The van der Waals surface area contributed by atoms with Gasteiger partial charge in [-0.2, -0.15) is 11.8 Å². The summed E-state index contributed by atoms with van der Waals surface area (Å²) in [6.45, 7) is 0. The molecule has 3 nitrogen and oxygen atoms in total. The van der Waals surface area contributed by atoms with E-state index in [2.05, 4.69) is 5.32 Å². The largest absolute Gasteiger partial charge is 0.344 e. The first-order chi connectivity index (χ1) is 4.31. The Morgan fingerprint density at radius 2 is 2.56 bits per heavy atom. The molecule has 0 radical (unpaired) electrons. The second-order valence-corrected chi connectivity index (χ2v) is 2.66. The van der Waals surface area contributed by atoms with Crippen molar-refractivity contribution in [3.8, 4) is 0 Å². The molecule has 0 aliphatic rings. The highest BCUT2D eigenvalue weighted by Crippen LogP contribution is 1.95. The predicted octanol–water partition coefficient (Wildman–Crippen LogP) is -0.230. The van der Waals surface area contributed by atoms with E-state index in [0.717, 1.165) is 12.2 Å². The van der Waals surface area contributed by atoms with Crippen molar-refractivity contribution in [1.82, 2.24) is 5.32 Å². The van der Waals surface area contributed by atoms with Gasteiger partial charge in [0, 0.05) is 0 Å². The maximum absolute atomic E-state index is 9.78. The van der Waals surface area contributed by atoms with Crippen LogP contribution in [0.2, 0.25) is 0 Å². The predicted molar refractivity (Wildman–Crippen MR) is 40.2 cm³/mol. The molecule has 0 heterocycles. The van der Waals surface area contributed by atoms with E-state index >= 15 is 0 Å². The number of carbonyl (C=O) groups excluding carboxylic acids is 1. The molecule has 1 amide bonds. The molecule has 0 fully saturated rings. The van der Waals surface area contributed by atoms with Gasteiger partial charge < -0.3 is 11.1 Å². The molecule has 0 aliphatic carbocycles. The standard InChI is InChI=1S/C5H12N2OS/c1-9-3-2-5(6)7-4-8/h4-5H,2-3,6H2,1H3,(H,7,8)/t5-/m1/s1. The number of amides is 1. The van der Waals surface area contributed by atoms with Gasteiger partial charge in [0.15, 0.2) is 0 Å². The molecule has 54 valence electrons. The summed E-state index contributed by atoms with van der Waals surface area (Å²) in [5.74, 6) is 0.988. The van der Waals surface area contributed by atoms with Crippen molar-refractivity contribution in [3.05, 3.63) is 0 Å². The molecule has 0 aliphatic heterocycles. The summed E-state index contributed by atoms with van der Waals surface area (Å²) in [7, 11) is 0. The average Bonchev–Trinajstić information content (AvgIpc) is 1.85. The lowest BCUT2D eigenvalue weighted by atomic mass is 10.4. The first-order valence-electron chi connectivity index (χ1n) is 2.75. The molecule has 0 saturated carbocycles. The van der Waals surface area contributed by atoms with Gasteiger partial charge in [0.05, 0.1) is 6.17 Å². The van der Waals surface area contributed by atoms with Crippen molar-refractivity contribution in [2.45, 2.75) is 12.6 Å². The topological polar surface area (TPSA) is 55.1 Å². The van der Waals surface area contributed by atoms with Crippen LogP contribution in [0.4, 0.5) is 0 Å². The van der Waals surface area contributed by atoms with Gasteiger partial charge in [-0.15, -0.1) is 0 Å². The molecule has 4 heteroatoms. The first kappa shape index (κ1) is 8.78. The van der Waals surface area contributed by atoms with Crippen LogP contribution in [-0.4, -0.2) is 24.6 Å². The van der Waals surface area contributed by atoms with E-state index < -0.39 is 0 Å². The van der Waals surface area contributed by atoms with Crippen LogP contribution in [0, 0.1) is 0 Å². The summed E-state index contributed by atoms with van der Waals surface area (Å²) < 4.78 is 0. The van der Waals surface area contributed by atoms with Gasteiger partial charge >= 0.3 is 0 Å². The van der Waals surface area contributed by atoms with Crippen LogP contribution >= 0.6 is 11.8 Å². The molecule has 1 atom stereocenters. The molecule has 0 spiro atoms. The average molecular weight is 148 g/mol. The molecule has 0 unspecified atom stereocenters. The van der Waals surface area contributed by atoms with Crippen LogP contribution in [0.5, 0.6) is 0 Å². The second-order valence-electron chi connectivity index (χ2n) is 1.67. The molecule has 0 aromatic rings. The zero-order valence-electron chi connectivity index (χ0n) is 5.46. The molecule has 0 bridgehead atoms. The summed E-state index contributed by atoms with van der Waals surface area (Å²) in [5, 5.41) is 2.46. The number of hydrogen-bond acceptors (Lipinski definition) is 3. The summed E-state index contributed by atoms with van der Waals surface area (Å²) in [4.78, 5) is 9.78. The molecular formula is C5H12N2OS. The Hall–Kier alpha value is -0.220. The highest BCUT2D eigenvalue weighted by atomic mass is 32.2. The minimum absolute atomic E-state index is 0.171. The maximum atomic E-state index is 9.78. The van der Waals surface area contributed by atoms with Crippen LogP contribution in [-0.2, 0) is 4.79 Å². The van der Waals surface area contributed by atoms with Crippen LogP contribution < -0.4 is 11.1 Å². The molecule has 0 saturated heterocycles. The quantitative estimate of drug-likeness (QED) is 0.418. The highest BCUT2D eigenvalue weighted by molar-refractivity contribution is 7.98. The molecule has 0 aromatic heterocycles. The number of thioether (sulfide) groups is 1. The third-order valence-electron chi connectivity index (χ3n) is 0.915. The number of hydrogen-bond donors (Lipinski definition) is 2. The number of rotatable bonds is 5. The third kappa shape index (κ3) is 5.65. The Labute approximate surface area is 59.4 Å². The van der Waals surface area contributed by atoms with E-state index in [9.17, 15) is 4.79 Å². The van der Waals surface area contributed by atoms with Crippen LogP contribution in [0.3, 0.4) is 0 Å². The van der Waals surface area contributed by atoms with Gasteiger partial charge in [-0.25, -0.2) is 0 Å². The van der Waals surface area contributed by atoms with Crippen molar-refractivity contribution in [2.75, 3.05) is 12.0 Å². The maximum Gasteiger partial charge on any atom is 0.208 e. The van der Waals surface area contributed by atoms with Gasteiger partial charge in [0.25, 0.3) is 0 Å². The molecule has 0 rings (SSSR count). The molecule has 3 N–H and O–H groups in total. The molecular weight excluding hydrogens is 136 g/mol. The number of carbonyl (C=O) groups is 1. The van der Waals surface area contributed by atoms with Gasteiger partial charge in [0.2, 0.25) is 6.41 Å². The molecule has 0 aromatic carbocycles. The fourth-order valence-corrected chi connectivity index (χ4v) is 0.905. The van der Waals surface area contributed by atoms with Gasteiger partial charge in [0.1, 0.15) is 0 Å². The van der Waals surface area contributed by atoms with Crippen molar-refractivity contribution < 1.29 is 4.79 Å². The minimum Gasteiger partial charge on any atom is -0.344 e. The Morgan fingerprint density at radius 3 is 3.00 bits per heavy atom. The van der Waals surface area contributed by atoms with Crippen molar-refractivity contribution in [2.24, 2.45) is 5.73 Å². The zero-order chi connectivity index (χ0) is 7.11. The normalized spacial score (nSPS) is 12.7. The third-order valence-corrected chi connectivity index (χ3v) is 1.56. The Balaban J connectivity index is 3.04. The van der Waals surface area contributed by atoms with Gasteiger partial charge in [-0.3, -0.25) is 4.79 Å². The SMILES string of the molecule is CSCC[C@H](N)NC=O. The van der Waals surface area contributed by atoms with Gasteiger partial charge in [-0.05, 0) is 18.4 Å². The summed E-state index contributed by atoms with van der Waals surface area (Å²) in [6, 6.07) is 0. The van der Waals surface area contributed by atoms with Crippen LogP contribution in [0.15, 0.2) is 0 Å². The summed E-state index contributed by atoms with van der Waals surface area (Å²) >= 11 is 1.72. The van der Waals surface area contributed by atoms with E-state index in [-0.39, 0.29) is 6.17 Å². The first-order valence-corrected chi connectivity index (χ1v) is 4.15. The van der Waals surface area contributed by atoms with E-state index in [1.807, 2.05) is 6.26 Å². The highest BCUT2D eigenvalue weighted by Gasteiger charge is 1.96. The van der Waals surface area contributed by atoms with Crippen molar-refractivity contribution in [1.29, 1.82) is 0 Å². The zero-order valence-corrected chi connectivity index (χ0v) is 6.28. The number of nitrogens with two attached hydrogens (primary N) is 1. The Morgan fingerprint density at radius 1 is 1.89 bits per heavy atom. The fourth-order valence-electron chi connectivity index (χ4n) is 0.416. The van der Waals surface area contributed by atoms with E-state index in [4.69, 9.17) is 5.73 Å². The van der Waals surface area contributed by atoms with Crippen LogP contribution in [0.25, 0.3) is 0 Å². The van der Waals surface area contributed by atoms with Crippen molar-refractivity contribution in [3.63, 3.8) is 0 Å². The second kappa shape index (κ2) is 5.91. The fraction of sp³-hybridized carbons (Fsp3) is 0.800. The van der Waals surface area contributed by atoms with Crippen molar-refractivity contribution >= 4 is 18.2 Å². The van der Waals surface area contributed by atoms with E-state index in [1.54, 1.807) is 11.8 Å². The summed E-state index contributed by atoms with van der Waals surface area (Å²) in [6.07, 6.45) is 3.30. The Bertz CT molecular complexity index is 79.4. The van der Waals surface area contributed by atoms with Crippen LogP contribution in [0.1, 0.15) is 6.42 Å². The van der Waals surface area contributed by atoms with E-state index in [1.165, 1.54) is 0 Å². The van der Waals surface area contributed by atoms with E-state index in [0.29, 0.717) is 6.41 Å². The minimum atomic E-state index is -0.171. The summed E-state index contributed by atoms with van der Waals surface area (Å²) in [5.41, 5.74) is 5.41. The lowest BCUT2D eigenvalue weighted by molar-refractivity contribution is -0.110. The number of nitrogens with one attached hydrogen (secondary N) is 1.